The van der Waals surface area contributed by atoms with E-state index in [2.05, 4.69) is 17.4 Å². The number of halogens is 1. The molecule has 150 valence electrons. The summed E-state index contributed by atoms with van der Waals surface area (Å²) >= 11 is 1.27. The van der Waals surface area contributed by atoms with Crippen molar-refractivity contribution in [3.8, 4) is 11.1 Å². The Balaban J connectivity index is 1.68. The summed E-state index contributed by atoms with van der Waals surface area (Å²) in [5.74, 6) is -0.901. The number of rotatable bonds is 3. The number of hydrogen-bond acceptors (Lipinski definition) is 4. The highest BCUT2D eigenvalue weighted by Crippen LogP contribution is 2.43. The van der Waals surface area contributed by atoms with E-state index in [-0.39, 0.29) is 5.69 Å². The fraction of sp³-hybridized carbons (Fsp3) is 0.167. The highest BCUT2D eigenvalue weighted by molar-refractivity contribution is 7.21. The van der Waals surface area contributed by atoms with Crippen molar-refractivity contribution >= 4 is 38.8 Å². The molecule has 1 aliphatic rings. The van der Waals surface area contributed by atoms with Gasteiger partial charge in [-0.25, -0.2) is 9.37 Å². The lowest BCUT2D eigenvalue weighted by Crippen LogP contribution is -2.13. The molecule has 0 aliphatic heterocycles. The number of fused-ring (bicyclic) bond motifs is 2. The van der Waals surface area contributed by atoms with Gasteiger partial charge in [0.1, 0.15) is 15.5 Å². The number of pyridine rings is 1. The van der Waals surface area contributed by atoms with E-state index >= 15 is 0 Å². The molecule has 5 rings (SSSR count). The van der Waals surface area contributed by atoms with Crippen LogP contribution in [0, 0.1) is 5.82 Å². The normalized spacial score (nSPS) is 13.2. The van der Waals surface area contributed by atoms with Gasteiger partial charge in [-0.3, -0.25) is 4.79 Å². The van der Waals surface area contributed by atoms with E-state index in [1.807, 2.05) is 18.2 Å². The highest BCUT2D eigenvalue weighted by atomic mass is 32.1. The molecule has 3 N–H and O–H groups in total. The lowest BCUT2D eigenvalue weighted by molar-refractivity contribution is 0.103. The molecule has 0 bridgehead atoms. The Morgan fingerprint density at radius 3 is 2.57 bits per heavy atom. The first kappa shape index (κ1) is 18.8. The predicted octanol–water partition coefficient (Wildman–Crippen LogP) is 5.82. The van der Waals surface area contributed by atoms with Crippen LogP contribution in [0.15, 0.2) is 54.6 Å². The molecule has 4 aromatic rings. The molecular weight excluding hydrogens is 397 g/mol. The Labute approximate surface area is 177 Å². The number of nitrogen functional groups attached to an aromatic ring is 1. The van der Waals surface area contributed by atoms with Crippen molar-refractivity contribution in [3.05, 3.63) is 76.5 Å². The van der Waals surface area contributed by atoms with E-state index < -0.39 is 11.7 Å². The topological polar surface area (TPSA) is 68.0 Å². The third-order valence-electron chi connectivity index (χ3n) is 5.54. The van der Waals surface area contributed by atoms with E-state index in [1.165, 1.54) is 29.0 Å². The number of benzene rings is 2. The van der Waals surface area contributed by atoms with Crippen molar-refractivity contribution in [3.63, 3.8) is 0 Å². The minimum absolute atomic E-state index is 0.134. The fourth-order valence-corrected chi connectivity index (χ4v) is 5.16. The smallest absolute Gasteiger partial charge is 0.268 e. The van der Waals surface area contributed by atoms with Gasteiger partial charge in [-0.15, -0.1) is 11.3 Å². The summed E-state index contributed by atoms with van der Waals surface area (Å²) in [6.07, 6.45) is 4.11. The van der Waals surface area contributed by atoms with E-state index in [0.29, 0.717) is 10.6 Å². The van der Waals surface area contributed by atoms with Crippen molar-refractivity contribution < 1.29 is 9.18 Å². The van der Waals surface area contributed by atoms with Crippen LogP contribution in [0.3, 0.4) is 0 Å². The van der Waals surface area contributed by atoms with Gasteiger partial charge in [-0.2, -0.15) is 0 Å². The number of nitrogens with one attached hydrogen (secondary N) is 1. The monoisotopic (exact) mass is 417 g/mol. The van der Waals surface area contributed by atoms with Crippen LogP contribution in [0.25, 0.3) is 21.3 Å². The molecule has 0 radical (unpaired) electrons. The van der Waals surface area contributed by atoms with Gasteiger partial charge in [0.25, 0.3) is 5.91 Å². The van der Waals surface area contributed by atoms with Gasteiger partial charge >= 0.3 is 0 Å². The first-order valence-corrected chi connectivity index (χ1v) is 10.8. The summed E-state index contributed by atoms with van der Waals surface area (Å²) in [5, 5.41) is 3.47. The number of anilines is 2. The number of nitrogens with two attached hydrogens (primary N) is 1. The molecule has 2 aromatic carbocycles. The van der Waals surface area contributed by atoms with Crippen molar-refractivity contribution in [1.82, 2.24) is 4.98 Å². The summed E-state index contributed by atoms with van der Waals surface area (Å²) in [7, 11) is 0. The van der Waals surface area contributed by atoms with Gasteiger partial charge in [0.15, 0.2) is 0 Å². The molecule has 1 aliphatic carbocycles. The van der Waals surface area contributed by atoms with Crippen molar-refractivity contribution in [2.24, 2.45) is 0 Å². The predicted molar refractivity (Wildman–Crippen MR) is 120 cm³/mol. The molecule has 0 spiro atoms. The minimum Gasteiger partial charge on any atom is -0.397 e. The average Bonchev–Trinajstić information content (AvgIpc) is 3.10. The fourth-order valence-electron chi connectivity index (χ4n) is 4.14. The first-order chi connectivity index (χ1) is 14.6. The number of para-hydroxylation sites is 1. The molecule has 6 heteroatoms. The number of amides is 1. The number of thiophene rings is 1. The van der Waals surface area contributed by atoms with Crippen molar-refractivity contribution in [1.29, 1.82) is 0 Å². The molecule has 0 atom stereocenters. The van der Waals surface area contributed by atoms with Gasteiger partial charge in [0, 0.05) is 11.1 Å². The maximum absolute atomic E-state index is 14.0. The largest absolute Gasteiger partial charge is 0.397 e. The van der Waals surface area contributed by atoms with Crippen LogP contribution in [-0.2, 0) is 12.8 Å². The lowest BCUT2D eigenvalue weighted by Gasteiger charge is -2.20. The first-order valence-electron chi connectivity index (χ1n) is 9.98. The van der Waals surface area contributed by atoms with Gasteiger partial charge in [0.05, 0.1) is 11.4 Å². The van der Waals surface area contributed by atoms with E-state index in [1.54, 1.807) is 12.1 Å². The molecular formula is C24H20FN3OS. The van der Waals surface area contributed by atoms with Crippen LogP contribution in [0.2, 0.25) is 0 Å². The van der Waals surface area contributed by atoms with E-state index in [0.717, 1.165) is 52.7 Å². The number of nitrogens with zero attached hydrogens (tertiary/aromatic N) is 1. The third kappa shape index (κ3) is 3.13. The Hall–Kier alpha value is -3.25. The highest BCUT2D eigenvalue weighted by Gasteiger charge is 2.26. The quantitative estimate of drug-likeness (QED) is 0.442. The SMILES string of the molecule is Nc1c(C(=O)Nc2ccccc2F)sc2nc3c(c(-c4ccccc4)c12)CCCC3. The number of carbonyl (C=O) groups excluding carboxylic acids is 1. The number of carbonyl (C=O) groups is 1. The van der Waals surface area contributed by atoms with Crippen LogP contribution in [0.1, 0.15) is 33.8 Å². The zero-order valence-corrected chi connectivity index (χ0v) is 17.1. The number of aryl methyl sites for hydroxylation is 1. The molecule has 0 saturated heterocycles. The zero-order valence-electron chi connectivity index (χ0n) is 16.2. The van der Waals surface area contributed by atoms with Crippen LogP contribution in [0.4, 0.5) is 15.8 Å². The molecule has 0 unspecified atom stereocenters. The zero-order chi connectivity index (χ0) is 20.7. The minimum atomic E-state index is -0.482. The molecule has 1 amide bonds. The Morgan fingerprint density at radius 1 is 1.03 bits per heavy atom. The molecule has 0 fully saturated rings. The van der Waals surface area contributed by atoms with Crippen LogP contribution < -0.4 is 11.1 Å². The summed E-state index contributed by atoms with van der Waals surface area (Å²) in [6, 6.07) is 16.2. The van der Waals surface area contributed by atoms with Crippen molar-refractivity contribution in [2.45, 2.75) is 25.7 Å². The number of aromatic nitrogens is 1. The second-order valence-electron chi connectivity index (χ2n) is 7.44. The van der Waals surface area contributed by atoms with E-state index in [4.69, 9.17) is 10.7 Å². The van der Waals surface area contributed by atoms with Crippen LogP contribution in [0.5, 0.6) is 0 Å². The molecule has 2 aromatic heterocycles. The van der Waals surface area contributed by atoms with Crippen LogP contribution >= 0.6 is 11.3 Å². The standard InChI is InChI=1S/C24H20FN3OS/c25-16-11-5-7-13-18(16)27-23(29)22-21(26)20-19(14-8-2-1-3-9-14)15-10-4-6-12-17(15)28-24(20)30-22/h1-3,5,7-9,11,13H,4,6,10,12,26H2,(H,27,29). The molecule has 30 heavy (non-hydrogen) atoms. The number of hydrogen-bond donors (Lipinski definition) is 2. The summed E-state index contributed by atoms with van der Waals surface area (Å²) in [5.41, 5.74) is 11.5. The second-order valence-corrected chi connectivity index (χ2v) is 8.44. The summed E-state index contributed by atoms with van der Waals surface area (Å²) < 4.78 is 14.0. The Morgan fingerprint density at radius 2 is 1.77 bits per heavy atom. The molecule has 4 nitrogen and oxygen atoms in total. The van der Waals surface area contributed by atoms with Crippen molar-refractivity contribution in [2.75, 3.05) is 11.1 Å². The lowest BCUT2D eigenvalue weighted by atomic mass is 9.87. The third-order valence-corrected chi connectivity index (χ3v) is 6.64. The maximum Gasteiger partial charge on any atom is 0.268 e. The maximum atomic E-state index is 14.0. The van der Waals surface area contributed by atoms with Gasteiger partial charge in [-0.05, 0) is 54.5 Å². The van der Waals surface area contributed by atoms with Gasteiger partial charge < -0.3 is 11.1 Å². The second kappa shape index (κ2) is 7.54. The van der Waals surface area contributed by atoms with Crippen LogP contribution in [-0.4, -0.2) is 10.9 Å². The summed E-state index contributed by atoms with van der Waals surface area (Å²) in [6.45, 7) is 0. The summed E-state index contributed by atoms with van der Waals surface area (Å²) in [4.78, 5) is 18.9. The molecule has 0 saturated carbocycles. The average molecular weight is 418 g/mol. The Bertz CT molecular complexity index is 1270. The molecule has 2 heterocycles. The van der Waals surface area contributed by atoms with Gasteiger partial charge in [0.2, 0.25) is 0 Å². The Kier molecular flexibility index (Phi) is 4.71. The van der Waals surface area contributed by atoms with E-state index in [9.17, 15) is 9.18 Å². The van der Waals surface area contributed by atoms with Gasteiger partial charge in [-0.1, -0.05) is 42.5 Å².